The van der Waals surface area contributed by atoms with Gasteiger partial charge in [0.15, 0.2) is 0 Å². The van der Waals surface area contributed by atoms with Crippen molar-refractivity contribution in [3.8, 4) is 0 Å². The van der Waals surface area contributed by atoms with E-state index in [1.54, 1.807) is 30.0 Å². The van der Waals surface area contributed by atoms with Crippen LogP contribution in [0, 0.1) is 0 Å². The summed E-state index contributed by atoms with van der Waals surface area (Å²) >= 11 is 1.79. The molecular formula is C15H24N2O2S2. The number of rotatable bonds is 6. The molecule has 3 N–H and O–H groups in total. The molecule has 0 bridgehead atoms. The molecule has 6 heteroatoms. The minimum atomic E-state index is -3.49. The van der Waals surface area contributed by atoms with Crippen molar-refractivity contribution in [1.29, 1.82) is 0 Å². The molecule has 1 aliphatic carbocycles. The molecule has 1 aliphatic rings. The molecule has 0 unspecified atom stereocenters. The molecule has 1 fully saturated rings. The molecule has 0 saturated heterocycles. The van der Waals surface area contributed by atoms with Gasteiger partial charge in [-0.05, 0) is 30.7 Å². The van der Waals surface area contributed by atoms with E-state index in [4.69, 9.17) is 5.73 Å². The fourth-order valence-electron chi connectivity index (χ4n) is 2.89. The van der Waals surface area contributed by atoms with E-state index in [9.17, 15) is 8.42 Å². The molecule has 0 aromatic heterocycles. The molecule has 21 heavy (non-hydrogen) atoms. The van der Waals surface area contributed by atoms with E-state index in [0.29, 0.717) is 17.0 Å². The number of benzene rings is 1. The van der Waals surface area contributed by atoms with Gasteiger partial charge >= 0.3 is 0 Å². The Bertz CT molecular complexity index is 567. The Hall–Kier alpha value is -0.560. The van der Waals surface area contributed by atoms with Gasteiger partial charge in [-0.1, -0.05) is 37.5 Å². The van der Waals surface area contributed by atoms with E-state index in [0.717, 1.165) is 12.8 Å². The summed E-state index contributed by atoms with van der Waals surface area (Å²) < 4.78 is 27.9. The number of thioether (sulfide) groups is 1. The molecule has 1 aromatic rings. The maximum atomic E-state index is 12.5. The first kappa shape index (κ1) is 16.8. The maximum absolute atomic E-state index is 12.5. The second-order valence-electron chi connectivity index (χ2n) is 5.58. The predicted molar refractivity (Wildman–Crippen MR) is 88.9 cm³/mol. The number of hydrogen-bond acceptors (Lipinski definition) is 4. The molecule has 2 rings (SSSR count). The number of sulfonamides is 1. The lowest BCUT2D eigenvalue weighted by Gasteiger charge is -2.35. The summed E-state index contributed by atoms with van der Waals surface area (Å²) in [6.45, 7) is 0.722. The molecule has 4 nitrogen and oxygen atoms in total. The van der Waals surface area contributed by atoms with Crippen molar-refractivity contribution in [1.82, 2.24) is 4.72 Å². The van der Waals surface area contributed by atoms with Crippen LogP contribution < -0.4 is 10.5 Å². The summed E-state index contributed by atoms with van der Waals surface area (Å²) in [5.41, 5.74) is 6.30. The largest absolute Gasteiger partial charge is 0.326 e. The lowest BCUT2D eigenvalue weighted by atomic mass is 9.88. The topological polar surface area (TPSA) is 72.2 Å². The van der Waals surface area contributed by atoms with E-state index in [1.807, 2.05) is 6.07 Å². The van der Waals surface area contributed by atoms with Crippen LogP contribution >= 0.6 is 11.8 Å². The number of hydrogen-bond donors (Lipinski definition) is 2. The summed E-state index contributed by atoms with van der Waals surface area (Å²) in [7, 11) is -3.49. The van der Waals surface area contributed by atoms with Crippen LogP contribution in [-0.4, -0.2) is 26.0 Å². The molecule has 1 aromatic carbocycles. The van der Waals surface area contributed by atoms with Gasteiger partial charge in [-0.2, -0.15) is 11.8 Å². The van der Waals surface area contributed by atoms with Crippen molar-refractivity contribution in [2.24, 2.45) is 5.73 Å². The SMILES string of the molecule is CSC1(CNS(=O)(=O)c2ccccc2CN)CCCCC1. The van der Waals surface area contributed by atoms with Gasteiger partial charge in [-0.3, -0.25) is 0 Å². The van der Waals surface area contributed by atoms with Crippen molar-refractivity contribution in [2.75, 3.05) is 12.8 Å². The van der Waals surface area contributed by atoms with Gasteiger partial charge in [0.1, 0.15) is 0 Å². The van der Waals surface area contributed by atoms with E-state index >= 15 is 0 Å². The summed E-state index contributed by atoms with van der Waals surface area (Å²) in [6, 6.07) is 6.93. The summed E-state index contributed by atoms with van der Waals surface area (Å²) in [5.74, 6) is 0. The zero-order valence-electron chi connectivity index (χ0n) is 12.5. The highest BCUT2D eigenvalue weighted by atomic mass is 32.2. The molecule has 0 aliphatic heterocycles. The highest BCUT2D eigenvalue weighted by molar-refractivity contribution is 8.00. The Labute approximate surface area is 131 Å². The standard InChI is InChI=1S/C15H24N2O2S2/c1-20-15(9-5-2-6-10-15)12-17-21(18,19)14-8-4-3-7-13(14)11-16/h3-4,7-8,17H,2,5-6,9-12,16H2,1H3. The van der Waals surface area contributed by atoms with Gasteiger partial charge in [0.25, 0.3) is 0 Å². The van der Waals surface area contributed by atoms with Gasteiger partial charge in [0.05, 0.1) is 4.90 Å². The van der Waals surface area contributed by atoms with Crippen LogP contribution in [0.15, 0.2) is 29.2 Å². The Morgan fingerprint density at radius 3 is 2.52 bits per heavy atom. The van der Waals surface area contributed by atoms with Crippen molar-refractivity contribution >= 4 is 21.8 Å². The van der Waals surface area contributed by atoms with E-state index in [-0.39, 0.29) is 11.3 Å². The molecule has 118 valence electrons. The molecule has 0 radical (unpaired) electrons. The van der Waals surface area contributed by atoms with Crippen LogP contribution in [-0.2, 0) is 16.6 Å². The molecular weight excluding hydrogens is 304 g/mol. The first-order valence-electron chi connectivity index (χ1n) is 7.36. The minimum Gasteiger partial charge on any atom is -0.326 e. The molecule has 0 heterocycles. The lowest BCUT2D eigenvalue weighted by molar-refractivity contribution is 0.395. The Kier molecular flexibility index (Phi) is 5.71. The lowest BCUT2D eigenvalue weighted by Crippen LogP contribution is -2.41. The van der Waals surface area contributed by atoms with Gasteiger partial charge in [0.2, 0.25) is 10.0 Å². The fourth-order valence-corrected chi connectivity index (χ4v) is 5.27. The third-order valence-electron chi connectivity index (χ3n) is 4.26. The zero-order chi connectivity index (χ0) is 15.3. The Balaban J connectivity index is 2.14. The van der Waals surface area contributed by atoms with E-state index < -0.39 is 10.0 Å². The van der Waals surface area contributed by atoms with Crippen molar-refractivity contribution < 1.29 is 8.42 Å². The second-order valence-corrected chi connectivity index (χ2v) is 8.59. The zero-order valence-corrected chi connectivity index (χ0v) is 14.1. The molecule has 0 atom stereocenters. The average molecular weight is 329 g/mol. The highest BCUT2D eigenvalue weighted by Crippen LogP contribution is 2.38. The minimum absolute atomic E-state index is 0.0446. The fraction of sp³-hybridized carbons (Fsp3) is 0.600. The first-order valence-corrected chi connectivity index (χ1v) is 10.1. The van der Waals surface area contributed by atoms with Crippen LogP contribution in [0.2, 0.25) is 0 Å². The smallest absolute Gasteiger partial charge is 0.240 e. The van der Waals surface area contributed by atoms with Crippen molar-refractivity contribution in [2.45, 2.75) is 48.3 Å². The Morgan fingerprint density at radius 1 is 1.24 bits per heavy atom. The van der Waals surface area contributed by atoms with Crippen LogP contribution in [0.4, 0.5) is 0 Å². The quantitative estimate of drug-likeness (QED) is 0.841. The van der Waals surface area contributed by atoms with Gasteiger partial charge in [-0.25, -0.2) is 13.1 Å². The van der Waals surface area contributed by atoms with Crippen molar-refractivity contribution in [3.63, 3.8) is 0 Å². The normalized spacial score (nSPS) is 18.6. The molecule has 0 amide bonds. The van der Waals surface area contributed by atoms with Gasteiger partial charge in [-0.15, -0.1) is 0 Å². The van der Waals surface area contributed by atoms with Crippen LogP contribution in [0.1, 0.15) is 37.7 Å². The van der Waals surface area contributed by atoms with Gasteiger partial charge < -0.3 is 5.73 Å². The third-order valence-corrected chi connectivity index (χ3v) is 7.18. The van der Waals surface area contributed by atoms with E-state index in [2.05, 4.69) is 11.0 Å². The Morgan fingerprint density at radius 2 is 1.90 bits per heavy atom. The number of nitrogens with one attached hydrogen (secondary N) is 1. The summed E-state index contributed by atoms with van der Waals surface area (Å²) in [6.07, 6.45) is 7.85. The molecule has 0 spiro atoms. The highest BCUT2D eigenvalue weighted by Gasteiger charge is 2.32. The van der Waals surface area contributed by atoms with Gasteiger partial charge in [0, 0.05) is 17.8 Å². The molecule has 1 saturated carbocycles. The third kappa shape index (κ3) is 4.00. The van der Waals surface area contributed by atoms with Crippen LogP contribution in [0.3, 0.4) is 0 Å². The van der Waals surface area contributed by atoms with E-state index in [1.165, 1.54) is 19.3 Å². The van der Waals surface area contributed by atoms with Crippen LogP contribution in [0.5, 0.6) is 0 Å². The van der Waals surface area contributed by atoms with Crippen molar-refractivity contribution in [3.05, 3.63) is 29.8 Å². The summed E-state index contributed by atoms with van der Waals surface area (Å²) in [5, 5.41) is 0. The average Bonchev–Trinajstić information content (AvgIpc) is 2.54. The second kappa shape index (κ2) is 7.13. The summed E-state index contributed by atoms with van der Waals surface area (Å²) in [4.78, 5) is 0.305. The van der Waals surface area contributed by atoms with Crippen LogP contribution in [0.25, 0.3) is 0 Å². The predicted octanol–water partition coefficient (Wildman–Crippen LogP) is 2.49. The monoisotopic (exact) mass is 328 g/mol. The maximum Gasteiger partial charge on any atom is 0.240 e. The first-order chi connectivity index (χ1) is 10.0. The number of nitrogens with two attached hydrogens (primary N) is 1.